The van der Waals surface area contributed by atoms with Gasteiger partial charge in [-0.05, 0) is 36.0 Å². The lowest BCUT2D eigenvalue weighted by atomic mass is 9.82. The first-order chi connectivity index (χ1) is 9.15. The molecule has 0 saturated carbocycles. The maximum absolute atomic E-state index is 3.43. The van der Waals surface area contributed by atoms with Crippen LogP contribution in [0.4, 0.5) is 0 Å². The van der Waals surface area contributed by atoms with Crippen LogP contribution in [0.25, 0.3) is 0 Å². The minimum atomic E-state index is 0.259. The van der Waals surface area contributed by atoms with Crippen molar-refractivity contribution in [3.05, 3.63) is 34.9 Å². The molecule has 1 N–H and O–H groups in total. The molecule has 1 fully saturated rings. The van der Waals surface area contributed by atoms with Crippen molar-refractivity contribution in [2.75, 3.05) is 32.7 Å². The number of aryl methyl sites for hydroxylation is 2. The van der Waals surface area contributed by atoms with Crippen LogP contribution in [0.15, 0.2) is 18.2 Å². The van der Waals surface area contributed by atoms with E-state index in [-0.39, 0.29) is 5.41 Å². The Labute approximate surface area is 117 Å². The topological polar surface area (TPSA) is 15.3 Å². The molecule has 2 nitrogen and oxygen atoms in total. The lowest BCUT2D eigenvalue weighted by molar-refractivity contribution is 0.200. The summed E-state index contributed by atoms with van der Waals surface area (Å²) in [5.74, 6) is 0. The van der Waals surface area contributed by atoms with Crippen molar-refractivity contribution < 1.29 is 0 Å². The Bertz CT molecular complexity index is 445. The van der Waals surface area contributed by atoms with Gasteiger partial charge >= 0.3 is 0 Å². The molecule has 0 bridgehead atoms. The fraction of sp³-hybridized carbons (Fsp3) is 0.647. The van der Waals surface area contributed by atoms with Gasteiger partial charge in [0.1, 0.15) is 0 Å². The molecule has 1 heterocycles. The van der Waals surface area contributed by atoms with Gasteiger partial charge in [-0.25, -0.2) is 0 Å². The van der Waals surface area contributed by atoms with E-state index in [0.29, 0.717) is 0 Å². The predicted molar refractivity (Wildman–Crippen MR) is 80.8 cm³/mol. The van der Waals surface area contributed by atoms with E-state index >= 15 is 0 Å². The number of hydrogen-bond donors (Lipinski definition) is 1. The van der Waals surface area contributed by atoms with Crippen LogP contribution < -0.4 is 5.32 Å². The average molecular weight is 258 g/mol. The molecule has 1 aliphatic carbocycles. The Hall–Kier alpha value is -0.860. The first-order valence-electron chi connectivity index (χ1n) is 7.70. The second-order valence-corrected chi connectivity index (χ2v) is 6.75. The zero-order valence-electron chi connectivity index (χ0n) is 12.3. The van der Waals surface area contributed by atoms with Gasteiger partial charge < -0.3 is 5.32 Å². The summed E-state index contributed by atoms with van der Waals surface area (Å²) < 4.78 is 0. The van der Waals surface area contributed by atoms with Gasteiger partial charge in [0.05, 0.1) is 0 Å². The summed E-state index contributed by atoms with van der Waals surface area (Å²) in [7, 11) is 0. The van der Waals surface area contributed by atoms with Crippen LogP contribution in [-0.2, 0) is 18.3 Å². The highest BCUT2D eigenvalue weighted by Gasteiger charge is 2.26. The largest absolute Gasteiger partial charge is 0.314 e. The summed E-state index contributed by atoms with van der Waals surface area (Å²) in [5, 5.41) is 3.43. The first kappa shape index (κ1) is 13.1. The van der Waals surface area contributed by atoms with Crippen molar-refractivity contribution >= 4 is 0 Å². The van der Waals surface area contributed by atoms with Crippen molar-refractivity contribution in [1.82, 2.24) is 10.2 Å². The molecule has 0 amide bonds. The Morgan fingerprint density at radius 1 is 1.11 bits per heavy atom. The smallest absolute Gasteiger partial charge is 0.0108 e. The van der Waals surface area contributed by atoms with Crippen molar-refractivity contribution in [2.24, 2.45) is 0 Å². The third-order valence-corrected chi connectivity index (χ3v) is 4.71. The summed E-state index contributed by atoms with van der Waals surface area (Å²) in [6.45, 7) is 10.6. The quantitative estimate of drug-likeness (QED) is 0.895. The van der Waals surface area contributed by atoms with E-state index in [1.165, 1.54) is 44.5 Å². The Morgan fingerprint density at radius 2 is 1.84 bits per heavy atom. The van der Waals surface area contributed by atoms with Crippen LogP contribution in [0, 0.1) is 0 Å². The summed E-state index contributed by atoms with van der Waals surface area (Å²) >= 11 is 0. The molecule has 104 valence electrons. The number of rotatable bonds is 3. The van der Waals surface area contributed by atoms with Gasteiger partial charge in [-0.3, -0.25) is 4.90 Å². The SMILES string of the molecule is CC(C)(CN1CCNCC1)c1ccc2c(c1)CCC2. The van der Waals surface area contributed by atoms with Crippen LogP contribution in [0.3, 0.4) is 0 Å². The maximum atomic E-state index is 3.43. The Kier molecular flexibility index (Phi) is 3.64. The predicted octanol–water partition coefficient (Wildman–Crippen LogP) is 2.36. The van der Waals surface area contributed by atoms with E-state index in [1.54, 1.807) is 11.1 Å². The Balaban J connectivity index is 1.75. The van der Waals surface area contributed by atoms with Crippen LogP contribution in [0.2, 0.25) is 0 Å². The highest BCUT2D eigenvalue weighted by Crippen LogP contribution is 2.30. The van der Waals surface area contributed by atoms with E-state index < -0.39 is 0 Å². The summed E-state index contributed by atoms with van der Waals surface area (Å²) in [6, 6.07) is 7.22. The molecule has 1 aromatic rings. The van der Waals surface area contributed by atoms with Crippen LogP contribution >= 0.6 is 0 Å². The van der Waals surface area contributed by atoms with Crippen molar-refractivity contribution in [2.45, 2.75) is 38.5 Å². The zero-order chi connectivity index (χ0) is 13.3. The lowest BCUT2D eigenvalue weighted by Crippen LogP contribution is -2.47. The molecule has 2 aliphatic rings. The van der Waals surface area contributed by atoms with Gasteiger partial charge in [-0.2, -0.15) is 0 Å². The van der Waals surface area contributed by atoms with E-state index in [0.717, 1.165) is 13.1 Å². The molecule has 1 aliphatic heterocycles. The van der Waals surface area contributed by atoms with Crippen molar-refractivity contribution in [3.8, 4) is 0 Å². The molecule has 19 heavy (non-hydrogen) atoms. The second-order valence-electron chi connectivity index (χ2n) is 6.75. The third kappa shape index (κ3) is 2.85. The van der Waals surface area contributed by atoms with E-state index in [4.69, 9.17) is 0 Å². The number of piperazine rings is 1. The molecule has 0 atom stereocenters. The Morgan fingerprint density at radius 3 is 2.63 bits per heavy atom. The molecular weight excluding hydrogens is 232 g/mol. The highest BCUT2D eigenvalue weighted by molar-refractivity contribution is 5.38. The van der Waals surface area contributed by atoms with Gasteiger partial charge in [-0.1, -0.05) is 32.0 Å². The van der Waals surface area contributed by atoms with E-state index in [2.05, 4.69) is 42.3 Å². The van der Waals surface area contributed by atoms with Crippen LogP contribution in [-0.4, -0.2) is 37.6 Å². The van der Waals surface area contributed by atoms with Gasteiger partial charge in [0.2, 0.25) is 0 Å². The molecule has 0 aromatic heterocycles. The standard InChI is InChI=1S/C17H26N2/c1-17(2,13-19-10-8-18-9-11-19)16-7-6-14-4-3-5-15(14)12-16/h6-7,12,18H,3-5,8-11,13H2,1-2H3. The number of benzene rings is 1. The minimum absolute atomic E-state index is 0.259. The monoisotopic (exact) mass is 258 g/mol. The molecule has 0 unspecified atom stereocenters. The fourth-order valence-corrected chi connectivity index (χ4v) is 3.51. The van der Waals surface area contributed by atoms with Gasteiger partial charge in [-0.15, -0.1) is 0 Å². The number of nitrogens with one attached hydrogen (secondary N) is 1. The van der Waals surface area contributed by atoms with Gasteiger partial charge in [0.25, 0.3) is 0 Å². The van der Waals surface area contributed by atoms with Crippen LogP contribution in [0.5, 0.6) is 0 Å². The van der Waals surface area contributed by atoms with Gasteiger partial charge in [0.15, 0.2) is 0 Å². The minimum Gasteiger partial charge on any atom is -0.314 e. The normalized spacial score (nSPS) is 20.5. The van der Waals surface area contributed by atoms with Crippen LogP contribution in [0.1, 0.15) is 37.0 Å². The summed E-state index contributed by atoms with van der Waals surface area (Å²) in [6.07, 6.45) is 3.91. The molecule has 0 spiro atoms. The fourth-order valence-electron chi connectivity index (χ4n) is 3.51. The maximum Gasteiger partial charge on any atom is 0.0108 e. The highest BCUT2D eigenvalue weighted by atomic mass is 15.2. The summed E-state index contributed by atoms with van der Waals surface area (Å²) in [5.41, 5.74) is 4.97. The molecular formula is C17H26N2. The molecule has 2 heteroatoms. The average Bonchev–Trinajstić information content (AvgIpc) is 2.86. The third-order valence-electron chi connectivity index (χ3n) is 4.71. The van der Waals surface area contributed by atoms with Crippen molar-refractivity contribution in [3.63, 3.8) is 0 Å². The van der Waals surface area contributed by atoms with Gasteiger partial charge in [0, 0.05) is 38.1 Å². The number of fused-ring (bicyclic) bond motifs is 1. The second kappa shape index (κ2) is 5.26. The van der Waals surface area contributed by atoms with E-state index in [1.807, 2.05) is 0 Å². The zero-order valence-corrected chi connectivity index (χ0v) is 12.3. The number of hydrogen-bond acceptors (Lipinski definition) is 2. The van der Waals surface area contributed by atoms with E-state index in [9.17, 15) is 0 Å². The number of nitrogens with zero attached hydrogens (tertiary/aromatic N) is 1. The first-order valence-corrected chi connectivity index (χ1v) is 7.70. The molecule has 1 saturated heterocycles. The lowest BCUT2D eigenvalue weighted by Gasteiger charge is -2.35. The molecule has 1 aromatic carbocycles. The summed E-state index contributed by atoms with van der Waals surface area (Å²) in [4.78, 5) is 2.60. The molecule has 3 rings (SSSR count). The van der Waals surface area contributed by atoms with Crippen molar-refractivity contribution in [1.29, 1.82) is 0 Å². The molecule has 0 radical (unpaired) electrons.